The van der Waals surface area contributed by atoms with E-state index in [1.165, 1.54) is 11.7 Å². The van der Waals surface area contributed by atoms with Crippen LogP contribution in [0.3, 0.4) is 0 Å². The average molecular weight is 319 g/mol. The Morgan fingerprint density at radius 2 is 2.00 bits per heavy atom. The summed E-state index contributed by atoms with van der Waals surface area (Å²) in [5.41, 5.74) is 3.73. The lowest BCUT2D eigenvalue weighted by Crippen LogP contribution is -2.27. The molecule has 0 aliphatic carbocycles. The molecule has 3 N–H and O–H groups in total. The lowest BCUT2D eigenvalue weighted by Gasteiger charge is -2.17. The zero-order valence-corrected chi connectivity index (χ0v) is 13.0. The van der Waals surface area contributed by atoms with Gasteiger partial charge in [0.2, 0.25) is 0 Å². The van der Waals surface area contributed by atoms with Gasteiger partial charge in [-0.25, -0.2) is 9.97 Å². The summed E-state index contributed by atoms with van der Waals surface area (Å²) in [5.74, 6) is 0.638. The largest absolute Gasteiger partial charge is 0.394 e. The Hall–Kier alpha value is -2.99. The van der Waals surface area contributed by atoms with Crippen LogP contribution in [0.25, 0.3) is 21.9 Å². The molecule has 0 fully saturated rings. The fraction of sp³-hybridized carbons (Fsp3) is 0.167. The normalized spacial score (nSPS) is 12.5. The van der Waals surface area contributed by atoms with E-state index in [4.69, 9.17) is 0 Å². The second kappa shape index (κ2) is 6.25. The zero-order valence-electron chi connectivity index (χ0n) is 13.0. The molecule has 6 heteroatoms. The van der Waals surface area contributed by atoms with Crippen LogP contribution in [0.4, 0.5) is 5.82 Å². The van der Waals surface area contributed by atoms with Crippen molar-refractivity contribution in [3.05, 3.63) is 60.7 Å². The summed E-state index contributed by atoms with van der Waals surface area (Å²) >= 11 is 0. The minimum absolute atomic E-state index is 0.00215. The number of anilines is 1. The molecule has 24 heavy (non-hydrogen) atoms. The number of pyridine rings is 1. The van der Waals surface area contributed by atoms with Crippen LogP contribution in [0.1, 0.15) is 5.56 Å². The van der Waals surface area contributed by atoms with Crippen molar-refractivity contribution in [2.24, 2.45) is 0 Å². The van der Waals surface area contributed by atoms with E-state index < -0.39 is 0 Å². The highest BCUT2D eigenvalue weighted by Crippen LogP contribution is 2.21. The number of nitrogens with one attached hydrogen (secondary N) is 2. The highest BCUT2D eigenvalue weighted by molar-refractivity contribution is 5.85. The summed E-state index contributed by atoms with van der Waals surface area (Å²) < 4.78 is 0. The van der Waals surface area contributed by atoms with E-state index in [1.807, 2.05) is 36.5 Å². The molecule has 0 aliphatic heterocycles. The van der Waals surface area contributed by atoms with Crippen molar-refractivity contribution in [2.75, 3.05) is 11.9 Å². The molecule has 1 unspecified atom stereocenters. The summed E-state index contributed by atoms with van der Waals surface area (Å²) in [6, 6.07) is 11.7. The van der Waals surface area contributed by atoms with Crippen LogP contribution in [-0.2, 0) is 6.42 Å². The van der Waals surface area contributed by atoms with Gasteiger partial charge in [-0.1, -0.05) is 18.2 Å². The first kappa shape index (κ1) is 14.6. The molecule has 4 aromatic rings. The van der Waals surface area contributed by atoms with Gasteiger partial charge in [0, 0.05) is 23.3 Å². The standard InChI is InChI=1S/C18H17N5O/c24-10-13(8-12-9-20-15-5-2-1-4-14(12)15)23-18-17-16(21-11-22-18)6-3-7-19-17/h1-7,9,11,13,20,24H,8,10H2,(H,21,22,23). The van der Waals surface area contributed by atoms with Gasteiger partial charge in [0.15, 0.2) is 5.82 Å². The van der Waals surface area contributed by atoms with Gasteiger partial charge >= 0.3 is 0 Å². The Bertz CT molecular complexity index is 976. The second-order valence-electron chi connectivity index (χ2n) is 5.68. The van der Waals surface area contributed by atoms with E-state index in [2.05, 4.69) is 31.3 Å². The van der Waals surface area contributed by atoms with Crippen molar-refractivity contribution in [3.63, 3.8) is 0 Å². The summed E-state index contributed by atoms with van der Waals surface area (Å²) in [7, 11) is 0. The van der Waals surface area contributed by atoms with Crippen molar-refractivity contribution >= 4 is 27.8 Å². The zero-order chi connectivity index (χ0) is 16.4. The molecular formula is C18H17N5O. The minimum atomic E-state index is -0.163. The predicted molar refractivity (Wildman–Crippen MR) is 93.8 cm³/mol. The molecule has 3 aromatic heterocycles. The molecule has 6 nitrogen and oxygen atoms in total. The average Bonchev–Trinajstić information content (AvgIpc) is 3.04. The molecule has 0 saturated carbocycles. The molecule has 0 radical (unpaired) electrons. The van der Waals surface area contributed by atoms with Crippen LogP contribution in [0.2, 0.25) is 0 Å². The highest BCUT2D eigenvalue weighted by atomic mass is 16.3. The number of nitrogens with zero attached hydrogens (tertiary/aromatic N) is 3. The van der Waals surface area contributed by atoms with Gasteiger partial charge in [0.05, 0.1) is 18.2 Å². The Labute approximate surface area is 138 Å². The maximum atomic E-state index is 9.79. The summed E-state index contributed by atoms with van der Waals surface area (Å²) in [5, 5.41) is 14.3. The number of rotatable bonds is 5. The lowest BCUT2D eigenvalue weighted by molar-refractivity contribution is 0.273. The molecular weight excluding hydrogens is 302 g/mol. The van der Waals surface area contributed by atoms with Crippen LogP contribution in [-0.4, -0.2) is 37.7 Å². The number of aliphatic hydroxyl groups excluding tert-OH is 1. The Morgan fingerprint density at radius 1 is 1.08 bits per heavy atom. The van der Waals surface area contributed by atoms with E-state index in [-0.39, 0.29) is 12.6 Å². The fourth-order valence-electron chi connectivity index (χ4n) is 2.92. The van der Waals surface area contributed by atoms with Crippen molar-refractivity contribution in [1.82, 2.24) is 19.9 Å². The third-order valence-corrected chi connectivity index (χ3v) is 4.10. The lowest BCUT2D eigenvalue weighted by atomic mass is 10.1. The SMILES string of the molecule is OCC(Cc1c[nH]c2ccccc12)Nc1ncnc2cccnc12. The van der Waals surface area contributed by atoms with Crippen LogP contribution < -0.4 is 5.32 Å². The van der Waals surface area contributed by atoms with E-state index in [1.54, 1.807) is 6.20 Å². The summed E-state index contributed by atoms with van der Waals surface area (Å²) in [4.78, 5) is 16.1. The number of aromatic amines is 1. The third-order valence-electron chi connectivity index (χ3n) is 4.10. The van der Waals surface area contributed by atoms with Crippen molar-refractivity contribution in [2.45, 2.75) is 12.5 Å². The van der Waals surface area contributed by atoms with Crippen LogP contribution in [0.15, 0.2) is 55.1 Å². The van der Waals surface area contributed by atoms with Crippen molar-refractivity contribution in [1.29, 1.82) is 0 Å². The number of hydrogen-bond donors (Lipinski definition) is 3. The number of H-pyrrole nitrogens is 1. The number of para-hydroxylation sites is 1. The fourth-order valence-corrected chi connectivity index (χ4v) is 2.92. The molecule has 120 valence electrons. The molecule has 0 aliphatic rings. The predicted octanol–water partition coefficient (Wildman–Crippen LogP) is 2.52. The van der Waals surface area contributed by atoms with Gasteiger partial charge in [-0.3, -0.25) is 4.98 Å². The van der Waals surface area contributed by atoms with Gasteiger partial charge in [0.25, 0.3) is 0 Å². The molecule has 4 rings (SSSR count). The van der Waals surface area contributed by atoms with Crippen LogP contribution in [0.5, 0.6) is 0 Å². The number of aromatic nitrogens is 4. The van der Waals surface area contributed by atoms with Crippen molar-refractivity contribution in [3.8, 4) is 0 Å². The van der Waals surface area contributed by atoms with Crippen LogP contribution >= 0.6 is 0 Å². The Kier molecular flexibility index (Phi) is 3.80. The van der Waals surface area contributed by atoms with Gasteiger partial charge in [0.1, 0.15) is 11.8 Å². The number of benzene rings is 1. The summed E-state index contributed by atoms with van der Waals surface area (Å²) in [6.07, 6.45) is 5.89. The minimum Gasteiger partial charge on any atom is -0.394 e. The molecule has 0 saturated heterocycles. The Morgan fingerprint density at radius 3 is 2.92 bits per heavy atom. The molecule has 3 heterocycles. The van der Waals surface area contributed by atoms with E-state index in [0.29, 0.717) is 17.8 Å². The van der Waals surface area contributed by atoms with Gasteiger partial charge in [-0.05, 0) is 30.2 Å². The van der Waals surface area contributed by atoms with Crippen molar-refractivity contribution < 1.29 is 5.11 Å². The van der Waals surface area contributed by atoms with E-state index >= 15 is 0 Å². The molecule has 0 amide bonds. The molecule has 0 bridgehead atoms. The smallest absolute Gasteiger partial charge is 0.156 e. The monoisotopic (exact) mass is 319 g/mol. The van der Waals surface area contributed by atoms with E-state index in [9.17, 15) is 5.11 Å². The summed E-state index contributed by atoms with van der Waals surface area (Å²) in [6.45, 7) is -0.00215. The molecule has 1 atom stereocenters. The van der Waals surface area contributed by atoms with Gasteiger partial charge in [-0.2, -0.15) is 0 Å². The second-order valence-corrected chi connectivity index (χ2v) is 5.68. The van der Waals surface area contributed by atoms with E-state index in [0.717, 1.165) is 16.6 Å². The highest BCUT2D eigenvalue weighted by Gasteiger charge is 2.14. The topological polar surface area (TPSA) is 86.7 Å². The first-order valence-electron chi connectivity index (χ1n) is 7.83. The maximum absolute atomic E-state index is 9.79. The number of hydrogen-bond acceptors (Lipinski definition) is 5. The van der Waals surface area contributed by atoms with Gasteiger partial charge in [-0.15, -0.1) is 0 Å². The molecule has 0 spiro atoms. The van der Waals surface area contributed by atoms with Crippen LogP contribution in [0, 0.1) is 0 Å². The van der Waals surface area contributed by atoms with Gasteiger partial charge < -0.3 is 15.4 Å². The maximum Gasteiger partial charge on any atom is 0.156 e. The number of aliphatic hydroxyl groups is 1. The Balaban J connectivity index is 1.62. The third kappa shape index (κ3) is 2.68. The first-order valence-corrected chi connectivity index (χ1v) is 7.83. The number of fused-ring (bicyclic) bond motifs is 2. The quantitative estimate of drug-likeness (QED) is 0.526. The molecule has 1 aromatic carbocycles. The first-order chi connectivity index (χ1) is 11.8.